The summed E-state index contributed by atoms with van der Waals surface area (Å²) < 4.78 is 0. The van der Waals surface area contributed by atoms with E-state index in [1.807, 2.05) is 0 Å². The molecular weight excluding hydrogens is 240 g/mol. The maximum Gasteiger partial charge on any atom is 0.303 e. The molecule has 0 N–H and O–H groups in total. The fraction of sp³-hybridized carbons (Fsp3) is 0.364. The Bertz CT molecular complexity index is 412. The molecule has 1 rings (SSSR count). The van der Waals surface area contributed by atoms with Crippen LogP contribution >= 0.6 is 0 Å². The highest BCUT2D eigenvalue weighted by Gasteiger charge is 2.18. The average molecular weight is 254 g/mol. The number of benzene rings is 1. The lowest BCUT2D eigenvalue weighted by Gasteiger charge is -2.18. The van der Waals surface area contributed by atoms with E-state index in [-0.39, 0.29) is 24.5 Å². The zero-order valence-electron chi connectivity index (χ0n) is 10.2. The molecule has 0 heterocycles. The van der Waals surface area contributed by atoms with Crippen molar-refractivity contribution in [1.82, 2.24) is 5.23 Å². The molecule has 0 aliphatic rings. The van der Waals surface area contributed by atoms with Crippen molar-refractivity contribution in [1.29, 1.82) is 0 Å². The molecule has 1 aromatic carbocycles. The molecule has 0 aliphatic carbocycles. The lowest BCUT2D eigenvalue weighted by molar-refractivity contribution is -0.384. The van der Waals surface area contributed by atoms with E-state index in [2.05, 4.69) is 0 Å². The number of hydroxylamine groups is 2. The van der Waals surface area contributed by atoms with Gasteiger partial charge >= 0.3 is 5.91 Å². The summed E-state index contributed by atoms with van der Waals surface area (Å²) in [5, 5.41) is 11.3. The van der Waals surface area contributed by atoms with Gasteiger partial charge in [-0.25, -0.2) is 9.68 Å². The minimum atomic E-state index is -0.531. The number of carbonyl (C=O) groups excluding carboxylic acids is 1. The molecule has 0 saturated carbocycles. The minimum absolute atomic E-state index is 0.0779. The molecule has 7 heteroatoms. The maximum absolute atomic E-state index is 11.9. The molecule has 0 fully saturated rings. The number of nitro benzene ring substituents is 1. The highest BCUT2D eigenvalue weighted by molar-refractivity contribution is 5.93. The number of hydrogen-bond acceptors (Lipinski definition) is 5. The molecule has 1 amide bonds. The van der Waals surface area contributed by atoms with Gasteiger partial charge in [0, 0.05) is 17.7 Å². The number of amides is 1. The van der Waals surface area contributed by atoms with Crippen molar-refractivity contribution in [2.45, 2.75) is 13.8 Å². The fourth-order valence-corrected chi connectivity index (χ4v) is 1.22. The van der Waals surface area contributed by atoms with E-state index >= 15 is 0 Å². The maximum atomic E-state index is 11.9. The van der Waals surface area contributed by atoms with E-state index in [1.54, 1.807) is 13.8 Å². The Labute approximate surface area is 104 Å². The Morgan fingerprint density at radius 2 is 1.72 bits per heavy atom. The SMILES string of the molecule is CCON(OCC)C(=O)c1ccc([N+](=O)[O-])cc1. The van der Waals surface area contributed by atoms with Crippen LogP contribution in [0.5, 0.6) is 0 Å². The average Bonchev–Trinajstić information content (AvgIpc) is 2.38. The van der Waals surface area contributed by atoms with Crippen molar-refractivity contribution >= 4 is 11.6 Å². The number of non-ortho nitro benzene ring substituents is 1. The third-order valence-electron chi connectivity index (χ3n) is 1.98. The first-order valence-corrected chi connectivity index (χ1v) is 5.44. The van der Waals surface area contributed by atoms with Gasteiger partial charge in [0.15, 0.2) is 0 Å². The Morgan fingerprint density at radius 1 is 1.22 bits per heavy atom. The smallest absolute Gasteiger partial charge is 0.264 e. The van der Waals surface area contributed by atoms with Gasteiger partial charge in [-0.05, 0) is 26.0 Å². The Hall–Kier alpha value is -1.99. The Balaban J connectivity index is 2.84. The summed E-state index contributed by atoms with van der Waals surface area (Å²) in [5.41, 5.74) is 0.174. The number of carbonyl (C=O) groups is 1. The van der Waals surface area contributed by atoms with Crippen LogP contribution in [0, 0.1) is 10.1 Å². The monoisotopic (exact) mass is 254 g/mol. The van der Waals surface area contributed by atoms with Crippen molar-refractivity contribution in [2.24, 2.45) is 0 Å². The van der Waals surface area contributed by atoms with Crippen LogP contribution in [0.4, 0.5) is 5.69 Å². The molecule has 0 radical (unpaired) electrons. The number of nitro groups is 1. The summed E-state index contributed by atoms with van der Waals surface area (Å²) in [6.07, 6.45) is 0. The molecule has 18 heavy (non-hydrogen) atoms. The Morgan fingerprint density at radius 3 is 2.11 bits per heavy atom. The summed E-state index contributed by atoms with van der Waals surface area (Å²) in [5.74, 6) is -0.506. The first-order chi connectivity index (χ1) is 8.60. The summed E-state index contributed by atoms with van der Waals surface area (Å²) >= 11 is 0. The van der Waals surface area contributed by atoms with E-state index in [9.17, 15) is 14.9 Å². The normalized spacial score (nSPS) is 10.1. The Kier molecular flexibility index (Phi) is 5.22. The minimum Gasteiger partial charge on any atom is -0.264 e. The van der Waals surface area contributed by atoms with Crippen LogP contribution in [-0.2, 0) is 9.68 Å². The number of hydrogen-bond donors (Lipinski definition) is 0. The highest BCUT2D eigenvalue weighted by atomic mass is 17.0. The van der Waals surface area contributed by atoms with Gasteiger partial charge in [0.25, 0.3) is 5.69 Å². The lowest BCUT2D eigenvalue weighted by atomic mass is 10.2. The third-order valence-corrected chi connectivity index (χ3v) is 1.98. The topological polar surface area (TPSA) is 81.9 Å². The van der Waals surface area contributed by atoms with Gasteiger partial charge in [-0.3, -0.25) is 14.9 Å². The largest absolute Gasteiger partial charge is 0.303 e. The summed E-state index contributed by atoms with van der Waals surface area (Å²) in [6, 6.07) is 5.21. The molecular formula is C11H14N2O5. The van der Waals surface area contributed by atoms with Gasteiger partial charge in [0.05, 0.1) is 18.1 Å². The van der Waals surface area contributed by atoms with Crippen LogP contribution < -0.4 is 0 Å². The van der Waals surface area contributed by atoms with E-state index in [0.717, 1.165) is 5.23 Å². The van der Waals surface area contributed by atoms with Gasteiger partial charge < -0.3 is 0 Å². The number of rotatable bonds is 6. The molecule has 7 nitrogen and oxygen atoms in total. The molecule has 0 saturated heterocycles. The summed E-state index contributed by atoms with van der Waals surface area (Å²) in [4.78, 5) is 31.9. The highest BCUT2D eigenvalue weighted by Crippen LogP contribution is 2.14. The second-order valence-electron chi connectivity index (χ2n) is 3.20. The summed E-state index contributed by atoms with van der Waals surface area (Å²) in [6.45, 7) is 3.99. The molecule has 0 bridgehead atoms. The summed E-state index contributed by atoms with van der Waals surface area (Å²) in [7, 11) is 0. The van der Waals surface area contributed by atoms with Crippen LogP contribution in [0.25, 0.3) is 0 Å². The molecule has 1 aromatic rings. The molecule has 98 valence electrons. The number of nitrogens with zero attached hydrogens (tertiary/aromatic N) is 2. The van der Waals surface area contributed by atoms with Crippen LogP contribution in [0.3, 0.4) is 0 Å². The third kappa shape index (κ3) is 3.51. The lowest BCUT2D eigenvalue weighted by Crippen LogP contribution is -2.31. The fourth-order valence-electron chi connectivity index (χ4n) is 1.22. The van der Waals surface area contributed by atoms with E-state index in [4.69, 9.17) is 9.68 Å². The van der Waals surface area contributed by atoms with Gasteiger partial charge in [-0.15, -0.1) is 0 Å². The second-order valence-corrected chi connectivity index (χ2v) is 3.20. The molecule has 0 spiro atoms. The van der Waals surface area contributed by atoms with Crippen LogP contribution in [0.2, 0.25) is 0 Å². The van der Waals surface area contributed by atoms with E-state index in [1.165, 1.54) is 24.3 Å². The molecule has 0 atom stereocenters. The van der Waals surface area contributed by atoms with Gasteiger partial charge in [-0.2, -0.15) is 0 Å². The standard InChI is InChI=1S/C11H14N2O5/c1-3-17-13(18-4-2)11(14)9-5-7-10(8-6-9)12(15)16/h5-8H,3-4H2,1-2H3. The van der Waals surface area contributed by atoms with Crippen LogP contribution in [-0.4, -0.2) is 29.3 Å². The van der Waals surface area contributed by atoms with Crippen LogP contribution in [0.1, 0.15) is 24.2 Å². The van der Waals surface area contributed by atoms with Crippen molar-refractivity contribution in [3.05, 3.63) is 39.9 Å². The van der Waals surface area contributed by atoms with Gasteiger partial charge in [0.1, 0.15) is 0 Å². The predicted octanol–water partition coefficient (Wildman–Crippen LogP) is 1.94. The first kappa shape index (κ1) is 14.1. The predicted molar refractivity (Wildman–Crippen MR) is 62.5 cm³/mol. The molecule has 0 aliphatic heterocycles. The van der Waals surface area contributed by atoms with Crippen molar-refractivity contribution < 1.29 is 19.4 Å². The zero-order valence-corrected chi connectivity index (χ0v) is 10.2. The first-order valence-electron chi connectivity index (χ1n) is 5.44. The quantitative estimate of drug-likeness (QED) is 0.572. The van der Waals surface area contributed by atoms with Crippen LogP contribution in [0.15, 0.2) is 24.3 Å². The molecule has 0 unspecified atom stereocenters. The van der Waals surface area contributed by atoms with Crippen molar-refractivity contribution in [2.75, 3.05) is 13.2 Å². The van der Waals surface area contributed by atoms with Crippen molar-refractivity contribution in [3.63, 3.8) is 0 Å². The zero-order chi connectivity index (χ0) is 13.5. The van der Waals surface area contributed by atoms with Crippen molar-refractivity contribution in [3.8, 4) is 0 Å². The van der Waals surface area contributed by atoms with Gasteiger partial charge in [-0.1, -0.05) is 5.23 Å². The van der Waals surface area contributed by atoms with Gasteiger partial charge in [0.2, 0.25) is 0 Å². The van der Waals surface area contributed by atoms with E-state index < -0.39 is 10.8 Å². The second kappa shape index (κ2) is 6.67. The molecule has 0 aromatic heterocycles. The van der Waals surface area contributed by atoms with E-state index in [0.29, 0.717) is 0 Å².